The van der Waals surface area contributed by atoms with E-state index in [4.69, 9.17) is 18.5 Å². The Hall–Kier alpha value is -1.92. The van der Waals surface area contributed by atoms with Crippen molar-refractivity contribution < 1.29 is 57.1 Å². The Morgan fingerprint density at radius 3 is 2.02 bits per heavy atom. The van der Waals surface area contributed by atoms with Gasteiger partial charge in [-0.15, -0.1) is 0 Å². The molecule has 1 aliphatic rings. The molecule has 13 heteroatoms. The van der Waals surface area contributed by atoms with Crippen LogP contribution in [-0.2, 0) is 37.5 Å². The Bertz CT molecular complexity index is 1190. The number of allylic oxidation sites excluding steroid dienone is 2. The molecule has 0 spiro atoms. The lowest BCUT2D eigenvalue weighted by Gasteiger charge is -2.28. The molecule has 0 aromatic carbocycles. The van der Waals surface area contributed by atoms with E-state index in [9.17, 15) is 34.1 Å². The molecule has 2 N–H and O–H groups in total. The van der Waals surface area contributed by atoms with Crippen LogP contribution in [-0.4, -0.2) is 98.2 Å². The molecule has 0 radical (unpaired) electrons. The Balaban J connectivity index is 2.53. The second-order valence-corrected chi connectivity index (χ2v) is 18.3. The van der Waals surface area contributed by atoms with Crippen LogP contribution < -0.4 is 4.89 Å². The van der Waals surface area contributed by atoms with Crippen LogP contribution >= 0.6 is 7.82 Å². The second-order valence-electron chi connectivity index (χ2n) is 16.8. The average Bonchev–Trinajstić information content (AvgIpc) is 3.41. The molecule has 332 valence electrons. The Morgan fingerprint density at radius 2 is 1.40 bits per heavy atom. The van der Waals surface area contributed by atoms with Crippen molar-refractivity contribution in [1.82, 2.24) is 0 Å². The quantitative estimate of drug-likeness (QED) is 0.0205. The summed E-state index contributed by atoms with van der Waals surface area (Å²) in [7, 11) is 1.00. The minimum Gasteiger partial charge on any atom is -0.756 e. The molecule has 6 atom stereocenters. The second kappa shape index (κ2) is 31.9. The molecule has 1 unspecified atom stereocenters. The van der Waals surface area contributed by atoms with Crippen LogP contribution in [0.2, 0.25) is 0 Å². The summed E-state index contributed by atoms with van der Waals surface area (Å²) >= 11 is 0. The highest BCUT2D eigenvalue weighted by molar-refractivity contribution is 7.45. The number of likely N-dealkylation sites (N-methyl/N-ethyl adjacent to an activating group) is 1. The van der Waals surface area contributed by atoms with E-state index in [1.165, 1.54) is 57.8 Å². The molecule has 0 aromatic rings. The fourth-order valence-electron chi connectivity index (χ4n) is 6.75. The molecule has 1 rings (SSSR count). The van der Waals surface area contributed by atoms with Crippen LogP contribution in [0.5, 0.6) is 0 Å². The van der Waals surface area contributed by atoms with Gasteiger partial charge < -0.3 is 38.1 Å². The molecule has 57 heavy (non-hydrogen) atoms. The third-order valence-corrected chi connectivity index (χ3v) is 11.3. The topological polar surface area (TPSA) is 169 Å². The number of Topliss-reactive ketones (excluding diaryl/α,β-unsaturated/α-hetero) is 1. The first-order chi connectivity index (χ1) is 27.2. The van der Waals surface area contributed by atoms with Crippen molar-refractivity contribution in [3.05, 3.63) is 24.3 Å². The number of hydrogen-bond donors (Lipinski definition) is 2. The van der Waals surface area contributed by atoms with E-state index in [0.717, 1.165) is 38.5 Å². The van der Waals surface area contributed by atoms with Crippen LogP contribution in [0.1, 0.15) is 162 Å². The van der Waals surface area contributed by atoms with E-state index >= 15 is 0 Å². The maximum absolute atomic E-state index is 12.8. The summed E-state index contributed by atoms with van der Waals surface area (Å²) in [6, 6.07) is 0. The summed E-state index contributed by atoms with van der Waals surface area (Å²) in [5.74, 6) is -1.77. The van der Waals surface area contributed by atoms with E-state index in [2.05, 4.69) is 13.8 Å². The fourth-order valence-corrected chi connectivity index (χ4v) is 7.48. The number of ketones is 1. The first-order valence-corrected chi connectivity index (χ1v) is 23.6. The molecule has 0 amide bonds. The number of aliphatic hydroxyl groups is 2. The lowest BCUT2D eigenvalue weighted by Crippen LogP contribution is -2.37. The minimum absolute atomic E-state index is 0.00875. The van der Waals surface area contributed by atoms with Gasteiger partial charge in [-0.05, 0) is 32.1 Å². The van der Waals surface area contributed by atoms with Crippen molar-refractivity contribution in [3.63, 3.8) is 0 Å². The zero-order valence-corrected chi connectivity index (χ0v) is 37.1. The monoisotopic (exact) mass is 830 g/mol. The molecular formula is C44H80NO11P. The number of phosphoric ester groups is 1. The fraction of sp³-hybridized carbons (Fsp3) is 0.841. The number of carbonyl (C=O) groups is 3. The number of unbranched alkanes of at least 4 members (excludes halogenated alkanes) is 15. The third kappa shape index (κ3) is 29.0. The van der Waals surface area contributed by atoms with Crippen molar-refractivity contribution in [1.29, 1.82) is 0 Å². The molecule has 0 bridgehead atoms. The van der Waals surface area contributed by atoms with E-state index < -0.39 is 44.7 Å². The van der Waals surface area contributed by atoms with Gasteiger partial charge in [0, 0.05) is 31.1 Å². The first-order valence-electron chi connectivity index (χ1n) is 22.1. The predicted octanol–water partition coefficient (Wildman–Crippen LogP) is 8.31. The van der Waals surface area contributed by atoms with Gasteiger partial charge in [-0.1, -0.05) is 134 Å². The average molecular weight is 830 g/mol. The largest absolute Gasteiger partial charge is 0.756 e. The molecular weight excluding hydrogens is 749 g/mol. The lowest BCUT2D eigenvalue weighted by molar-refractivity contribution is -0.870. The summed E-state index contributed by atoms with van der Waals surface area (Å²) < 4.78 is 33.8. The molecule has 1 aliphatic carbocycles. The summed E-state index contributed by atoms with van der Waals surface area (Å²) in [5.41, 5.74) is 0. The normalized spacial score (nSPS) is 19.6. The van der Waals surface area contributed by atoms with Gasteiger partial charge in [0.15, 0.2) is 6.10 Å². The molecule has 1 saturated carbocycles. The zero-order valence-electron chi connectivity index (χ0n) is 36.3. The van der Waals surface area contributed by atoms with Crippen LogP contribution in [0.15, 0.2) is 24.3 Å². The number of esters is 2. The SMILES string of the molecule is CCCCCCCCCCCCCCCC(=O)OC[C@H](COP(=O)([O-])OCC[N+](C)(C)C)OC(=O)CCC/C=C\C[C@H]1C(=O)C[C@@H](O)[C@@H]1/C=C/[C@@H](O)CCCCC. The predicted molar refractivity (Wildman–Crippen MR) is 223 cm³/mol. The number of phosphoric acid groups is 1. The summed E-state index contributed by atoms with van der Waals surface area (Å²) in [6.45, 7) is 3.80. The van der Waals surface area contributed by atoms with Gasteiger partial charge in [0.05, 0.1) is 40.0 Å². The molecule has 12 nitrogen and oxygen atoms in total. The Labute approximate surface area is 345 Å². The molecule has 1 fully saturated rings. The van der Waals surface area contributed by atoms with Crippen molar-refractivity contribution in [3.8, 4) is 0 Å². The number of ether oxygens (including phenoxy) is 2. The molecule has 0 aliphatic heterocycles. The number of quaternary nitrogens is 1. The highest BCUT2D eigenvalue weighted by Gasteiger charge is 2.39. The number of carbonyl (C=O) groups excluding carboxylic acids is 3. The summed E-state index contributed by atoms with van der Waals surface area (Å²) in [4.78, 5) is 50.3. The zero-order chi connectivity index (χ0) is 42.4. The minimum atomic E-state index is -4.70. The smallest absolute Gasteiger partial charge is 0.306 e. The van der Waals surface area contributed by atoms with Crippen molar-refractivity contribution in [2.24, 2.45) is 11.8 Å². The molecule has 0 aromatic heterocycles. The van der Waals surface area contributed by atoms with Crippen LogP contribution in [0.3, 0.4) is 0 Å². The Morgan fingerprint density at radius 1 is 0.825 bits per heavy atom. The first kappa shape index (κ1) is 53.1. The summed E-state index contributed by atoms with van der Waals surface area (Å²) in [5, 5.41) is 20.7. The third-order valence-electron chi connectivity index (χ3n) is 10.3. The number of hydrogen-bond acceptors (Lipinski definition) is 11. The Kier molecular flexibility index (Phi) is 29.7. The van der Waals surface area contributed by atoms with Gasteiger partial charge >= 0.3 is 11.9 Å². The van der Waals surface area contributed by atoms with Crippen LogP contribution in [0.25, 0.3) is 0 Å². The van der Waals surface area contributed by atoms with E-state index in [1.54, 1.807) is 12.2 Å². The number of aliphatic hydroxyl groups excluding tert-OH is 2. The standard InChI is InChI=1S/C44H80NO11P/c1-6-8-10-11-12-13-14-15-16-17-18-19-24-28-43(49)53-35-38(36-55-57(51,52)54-33-32-45(3,4)5)56-44(50)29-25-21-20-23-27-39-40(42(48)34-41(39)47)31-30-37(46)26-22-9-7-2/h20,23,30-31,37-40,42,46,48H,6-19,21-22,24-29,32-36H2,1-5H3/b23-20-,31-30+/t37-,38+,39+,40+,42+/m0/s1. The van der Waals surface area contributed by atoms with Gasteiger partial charge in [-0.2, -0.15) is 0 Å². The van der Waals surface area contributed by atoms with Crippen LogP contribution in [0, 0.1) is 11.8 Å². The molecule has 0 saturated heterocycles. The van der Waals surface area contributed by atoms with Gasteiger partial charge in [0.1, 0.15) is 25.5 Å². The number of rotatable bonds is 36. The van der Waals surface area contributed by atoms with Gasteiger partial charge in [0.25, 0.3) is 7.82 Å². The van der Waals surface area contributed by atoms with E-state index in [-0.39, 0.29) is 50.1 Å². The molecule has 0 heterocycles. The van der Waals surface area contributed by atoms with Crippen molar-refractivity contribution in [2.45, 2.75) is 180 Å². The van der Waals surface area contributed by atoms with E-state index in [0.29, 0.717) is 43.1 Å². The van der Waals surface area contributed by atoms with Crippen molar-refractivity contribution in [2.75, 3.05) is 47.5 Å². The highest BCUT2D eigenvalue weighted by atomic mass is 31.2. The maximum Gasteiger partial charge on any atom is 0.306 e. The van der Waals surface area contributed by atoms with E-state index in [1.807, 2.05) is 33.3 Å². The highest BCUT2D eigenvalue weighted by Crippen LogP contribution is 2.38. The van der Waals surface area contributed by atoms with Gasteiger partial charge in [-0.3, -0.25) is 18.9 Å². The lowest BCUT2D eigenvalue weighted by atomic mass is 9.90. The van der Waals surface area contributed by atoms with Gasteiger partial charge in [0.2, 0.25) is 0 Å². The maximum atomic E-state index is 12.8. The number of nitrogens with zero attached hydrogens (tertiary/aromatic N) is 1. The van der Waals surface area contributed by atoms with Crippen molar-refractivity contribution >= 4 is 25.5 Å². The van der Waals surface area contributed by atoms with Crippen LogP contribution in [0.4, 0.5) is 0 Å². The van der Waals surface area contributed by atoms with Gasteiger partial charge in [-0.25, -0.2) is 0 Å². The summed E-state index contributed by atoms with van der Waals surface area (Å²) in [6.07, 6.45) is 25.7.